The number of nitrogens with one attached hydrogen (secondary N) is 2. The maximum absolute atomic E-state index is 14.5. The lowest BCUT2D eigenvalue weighted by Crippen LogP contribution is -2.55. The van der Waals surface area contributed by atoms with E-state index in [1.807, 2.05) is 6.92 Å². The van der Waals surface area contributed by atoms with Gasteiger partial charge in [0.05, 0.1) is 18.1 Å². The van der Waals surface area contributed by atoms with E-state index >= 15 is 0 Å². The van der Waals surface area contributed by atoms with Gasteiger partial charge in [-0.25, -0.2) is 9.37 Å². The van der Waals surface area contributed by atoms with Gasteiger partial charge in [-0.3, -0.25) is 19.6 Å². The van der Waals surface area contributed by atoms with Crippen molar-refractivity contribution in [3.05, 3.63) is 59.0 Å². The molecule has 4 heterocycles. The SMILES string of the molecule is C[C@@H]1C(=O)N(c2ccn(C)c(=O)c2)c2cnc(Nc3cc(F)c4[nH]ncc4c3)nc2N1C1CCCCC1. The third-order valence-electron chi connectivity index (χ3n) is 7.30. The van der Waals surface area contributed by atoms with Crippen molar-refractivity contribution < 1.29 is 9.18 Å². The molecule has 37 heavy (non-hydrogen) atoms. The number of halogens is 1. The van der Waals surface area contributed by atoms with Crippen LogP contribution in [0.25, 0.3) is 10.9 Å². The summed E-state index contributed by atoms with van der Waals surface area (Å²) < 4.78 is 16.0. The van der Waals surface area contributed by atoms with Gasteiger partial charge in [0, 0.05) is 36.4 Å². The highest BCUT2D eigenvalue weighted by Crippen LogP contribution is 2.42. The van der Waals surface area contributed by atoms with Crippen molar-refractivity contribution in [3.8, 4) is 0 Å². The van der Waals surface area contributed by atoms with Crippen LogP contribution in [0.1, 0.15) is 39.0 Å². The summed E-state index contributed by atoms with van der Waals surface area (Å²) in [5.41, 5.74) is 1.59. The molecule has 6 rings (SSSR count). The number of pyridine rings is 1. The van der Waals surface area contributed by atoms with Gasteiger partial charge in [0.15, 0.2) is 11.6 Å². The van der Waals surface area contributed by atoms with E-state index < -0.39 is 11.9 Å². The monoisotopic (exact) mass is 502 g/mol. The fraction of sp³-hybridized carbons (Fsp3) is 0.346. The minimum Gasteiger partial charge on any atom is -0.340 e. The molecule has 3 aromatic heterocycles. The van der Waals surface area contributed by atoms with Crippen molar-refractivity contribution in [3.63, 3.8) is 0 Å². The number of nitrogens with zero attached hydrogens (tertiary/aromatic N) is 6. The van der Waals surface area contributed by atoms with Crippen LogP contribution in [0.5, 0.6) is 0 Å². The second kappa shape index (κ2) is 8.99. The van der Waals surface area contributed by atoms with Crippen molar-refractivity contribution in [1.82, 2.24) is 24.7 Å². The second-order valence-corrected chi connectivity index (χ2v) is 9.70. The molecule has 0 radical (unpaired) electrons. The Morgan fingerprint density at radius 3 is 2.70 bits per heavy atom. The number of hydrogen-bond donors (Lipinski definition) is 2. The summed E-state index contributed by atoms with van der Waals surface area (Å²) >= 11 is 0. The maximum atomic E-state index is 14.5. The zero-order chi connectivity index (χ0) is 25.7. The van der Waals surface area contributed by atoms with E-state index in [4.69, 9.17) is 4.98 Å². The number of rotatable bonds is 4. The van der Waals surface area contributed by atoms with Gasteiger partial charge in [0.2, 0.25) is 5.95 Å². The van der Waals surface area contributed by atoms with Crippen LogP contribution in [-0.2, 0) is 11.8 Å². The number of aryl methyl sites for hydroxylation is 1. The molecule has 1 amide bonds. The lowest BCUT2D eigenvalue weighted by Gasteiger charge is -2.45. The first-order valence-corrected chi connectivity index (χ1v) is 12.5. The molecule has 190 valence electrons. The van der Waals surface area contributed by atoms with Gasteiger partial charge in [-0.1, -0.05) is 19.3 Å². The van der Waals surface area contributed by atoms with Gasteiger partial charge in [-0.05, 0) is 38.0 Å². The molecule has 1 aliphatic carbocycles. The fourth-order valence-electron chi connectivity index (χ4n) is 5.39. The molecule has 1 atom stereocenters. The topological polar surface area (TPSA) is 112 Å². The Kier molecular flexibility index (Phi) is 5.62. The number of aromatic amines is 1. The predicted octanol–water partition coefficient (Wildman–Crippen LogP) is 4.14. The highest BCUT2D eigenvalue weighted by atomic mass is 19.1. The van der Waals surface area contributed by atoms with E-state index in [9.17, 15) is 14.0 Å². The van der Waals surface area contributed by atoms with Gasteiger partial charge in [-0.15, -0.1) is 0 Å². The molecule has 0 spiro atoms. The predicted molar refractivity (Wildman–Crippen MR) is 139 cm³/mol. The molecule has 0 bridgehead atoms. The third-order valence-corrected chi connectivity index (χ3v) is 7.30. The number of anilines is 5. The minimum absolute atomic E-state index is 0.136. The average Bonchev–Trinajstić information content (AvgIpc) is 3.37. The van der Waals surface area contributed by atoms with Gasteiger partial charge in [-0.2, -0.15) is 10.1 Å². The summed E-state index contributed by atoms with van der Waals surface area (Å²) in [7, 11) is 1.66. The van der Waals surface area contributed by atoms with E-state index in [1.165, 1.54) is 28.0 Å². The molecule has 1 aliphatic heterocycles. The van der Waals surface area contributed by atoms with E-state index in [0.29, 0.717) is 33.8 Å². The van der Waals surface area contributed by atoms with Crippen molar-refractivity contribution in [1.29, 1.82) is 0 Å². The van der Waals surface area contributed by atoms with Crippen LogP contribution in [0, 0.1) is 5.82 Å². The molecule has 1 fully saturated rings. The van der Waals surface area contributed by atoms with Gasteiger partial charge >= 0.3 is 0 Å². The first-order chi connectivity index (χ1) is 17.9. The molecule has 1 saturated carbocycles. The molecule has 11 heteroatoms. The quantitative estimate of drug-likeness (QED) is 0.431. The summed E-state index contributed by atoms with van der Waals surface area (Å²) in [6.07, 6.45) is 10.1. The zero-order valence-electron chi connectivity index (χ0n) is 20.6. The normalized spacial score (nSPS) is 18.4. The van der Waals surface area contributed by atoms with Crippen molar-refractivity contribution >= 4 is 45.6 Å². The first-order valence-electron chi connectivity index (χ1n) is 12.5. The highest BCUT2D eigenvalue weighted by Gasteiger charge is 2.41. The lowest BCUT2D eigenvalue weighted by molar-refractivity contribution is -0.119. The fourth-order valence-corrected chi connectivity index (χ4v) is 5.39. The lowest BCUT2D eigenvalue weighted by atomic mass is 9.92. The number of carbonyl (C=O) groups excluding carboxylic acids is 1. The zero-order valence-corrected chi connectivity index (χ0v) is 20.6. The number of amides is 1. The van der Waals surface area contributed by atoms with Gasteiger partial charge in [0.1, 0.15) is 17.2 Å². The van der Waals surface area contributed by atoms with E-state index in [0.717, 1.165) is 25.7 Å². The molecular weight excluding hydrogens is 475 g/mol. The van der Waals surface area contributed by atoms with Crippen molar-refractivity contribution in [2.75, 3.05) is 15.1 Å². The third kappa shape index (κ3) is 4.00. The number of H-pyrrole nitrogens is 1. The van der Waals surface area contributed by atoms with Crippen LogP contribution in [0.2, 0.25) is 0 Å². The van der Waals surface area contributed by atoms with Crippen LogP contribution >= 0.6 is 0 Å². The van der Waals surface area contributed by atoms with Crippen LogP contribution < -0.4 is 20.7 Å². The Bertz CT molecular complexity index is 1560. The Hall–Kier alpha value is -4.28. The van der Waals surface area contributed by atoms with E-state index in [1.54, 1.807) is 37.8 Å². The van der Waals surface area contributed by atoms with Crippen LogP contribution in [0.15, 0.2) is 47.7 Å². The summed E-state index contributed by atoms with van der Waals surface area (Å²) in [5.74, 6) is 0.327. The van der Waals surface area contributed by atoms with Crippen molar-refractivity contribution in [2.45, 2.75) is 51.1 Å². The maximum Gasteiger partial charge on any atom is 0.254 e. The number of fused-ring (bicyclic) bond motifs is 2. The molecule has 0 saturated heterocycles. The molecule has 1 aromatic carbocycles. The molecule has 0 unspecified atom stereocenters. The summed E-state index contributed by atoms with van der Waals surface area (Å²) in [6, 6.07) is 5.99. The molecule has 10 nitrogen and oxygen atoms in total. The average molecular weight is 503 g/mol. The molecular formula is C26H27FN8O2. The number of aromatic nitrogens is 5. The number of carbonyl (C=O) groups is 1. The van der Waals surface area contributed by atoms with Crippen LogP contribution in [-0.4, -0.2) is 42.7 Å². The summed E-state index contributed by atoms with van der Waals surface area (Å²) in [5, 5.41) is 10.3. The Balaban J connectivity index is 1.45. The van der Waals surface area contributed by atoms with Crippen LogP contribution in [0.4, 0.5) is 33.2 Å². The summed E-state index contributed by atoms with van der Waals surface area (Å²) in [4.78, 5) is 39.0. The van der Waals surface area contributed by atoms with Gasteiger partial charge < -0.3 is 14.8 Å². The number of hydrogen-bond acceptors (Lipinski definition) is 7. The molecule has 2 aliphatic rings. The van der Waals surface area contributed by atoms with Crippen molar-refractivity contribution in [2.24, 2.45) is 7.05 Å². The minimum atomic E-state index is -0.484. The Morgan fingerprint density at radius 1 is 1.11 bits per heavy atom. The first kappa shape index (κ1) is 23.1. The van der Waals surface area contributed by atoms with E-state index in [-0.39, 0.29) is 23.5 Å². The highest BCUT2D eigenvalue weighted by molar-refractivity contribution is 6.09. The number of benzene rings is 1. The van der Waals surface area contributed by atoms with E-state index in [2.05, 4.69) is 25.4 Å². The molecule has 2 N–H and O–H groups in total. The second-order valence-electron chi connectivity index (χ2n) is 9.70. The molecule has 4 aromatic rings. The Labute approximate surface area is 212 Å². The smallest absolute Gasteiger partial charge is 0.254 e. The summed E-state index contributed by atoms with van der Waals surface area (Å²) in [6.45, 7) is 1.88. The standard InChI is InChI=1S/C26H27FN8O2/c1-15-25(37)35(19-8-9-33(2)22(36)12-19)21-14-28-26(31-24(21)34(15)18-6-4-3-5-7-18)30-17-10-16-13-29-32-23(16)20(27)11-17/h8-15,18H,3-7H2,1-2H3,(H,29,32)(H,28,30,31)/t15-/m1/s1. The Morgan fingerprint density at radius 2 is 1.92 bits per heavy atom. The van der Waals surface area contributed by atoms with Crippen LogP contribution in [0.3, 0.4) is 0 Å². The largest absolute Gasteiger partial charge is 0.340 e. The van der Waals surface area contributed by atoms with Gasteiger partial charge in [0.25, 0.3) is 11.5 Å².